The first-order chi connectivity index (χ1) is 14.4. The first-order valence-corrected chi connectivity index (χ1v) is 10.9. The van der Waals surface area contributed by atoms with Crippen LogP contribution in [0.5, 0.6) is 0 Å². The van der Waals surface area contributed by atoms with Gasteiger partial charge in [-0.15, -0.1) is 15.3 Å². The maximum atomic E-state index is 6.13. The molecule has 0 unspecified atom stereocenters. The molecule has 0 amide bonds. The Kier molecular flexibility index (Phi) is 5.70. The van der Waals surface area contributed by atoms with E-state index in [9.17, 15) is 0 Å². The van der Waals surface area contributed by atoms with Gasteiger partial charge in [0.25, 0.3) is 0 Å². The van der Waals surface area contributed by atoms with Gasteiger partial charge >= 0.3 is 0 Å². The van der Waals surface area contributed by atoms with Gasteiger partial charge in [0.1, 0.15) is 11.6 Å². The van der Waals surface area contributed by atoms with E-state index < -0.39 is 0 Å². The summed E-state index contributed by atoms with van der Waals surface area (Å²) in [5.41, 5.74) is 3.84. The smallest absolute Gasteiger partial charge is 0.208 e. The molecular formula is C21H20ClIN6O. The number of nitrogens with two attached hydrogens (primary N) is 1. The van der Waals surface area contributed by atoms with E-state index >= 15 is 0 Å². The summed E-state index contributed by atoms with van der Waals surface area (Å²) in [7, 11) is 0. The normalized spacial score (nSPS) is 15.9. The van der Waals surface area contributed by atoms with Crippen LogP contribution < -0.4 is 10.7 Å². The molecule has 0 bridgehead atoms. The maximum absolute atomic E-state index is 6.13. The zero-order valence-corrected chi connectivity index (χ0v) is 19.4. The van der Waals surface area contributed by atoms with E-state index in [1.807, 2.05) is 49.4 Å². The molecule has 4 rings (SSSR count). The van der Waals surface area contributed by atoms with Crippen molar-refractivity contribution in [3.05, 3.63) is 71.3 Å². The number of benzene rings is 2. The fourth-order valence-electron chi connectivity index (χ4n) is 3.45. The highest BCUT2D eigenvalue weighted by molar-refractivity contribution is 14.1. The van der Waals surface area contributed by atoms with Crippen molar-refractivity contribution >= 4 is 57.2 Å². The zero-order valence-electron chi connectivity index (χ0n) is 16.5. The summed E-state index contributed by atoms with van der Waals surface area (Å²) in [6, 6.07) is 13.8. The number of aryl methyl sites for hydroxylation is 1. The number of rotatable bonds is 3. The Bertz CT molecular complexity index is 1140. The monoisotopic (exact) mass is 534 g/mol. The number of alkyl halides is 1. The van der Waals surface area contributed by atoms with Crippen molar-refractivity contribution in [2.24, 2.45) is 10.9 Å². The van der Waals surface area contributed by atoms with Gasteiger partial charge in [0, 0.05) is 29.7 Å². The highest BCUT2D eigenvalue weighted by atomic mass is 127. The second-order valence-electron chi connectivity index (χ2n) is 6.87. The SMILES string of the molecule is C=C(O/C(C)=N\N)c1ccc2c(c1)N(c1ccc(Cl)cc1)C[C@@H](I)c1nnc(C)n1-2. The molecule has 0 spiro atoms. The minimum absolute atomic E-state index is 0.126. The van der Waals surface area contributed by atoms with Crippen LogP contribution in [-0.2, 0) is 4.74 Å². The summed E-state index contributed by atoms with van der Waals surface area (Å²) in [6.07, 6.45) is 0. The fraction of sp³-hybridized carbons (Fsp3) is 0.190. The summed E-state index contributed by atoms with van der Waals surface area (Å²) in [5.74, 6) is 7.86. The van der Waals surface area contributed by atoms with E-state index in [1.54, 1.807) is 6.92 Å². The number of anilines is 2. The number of nitrogens with zero attached hydrogens (tertiary/aromatic N) is 5. The summed E-state index contributed by atoms with van der Waals surface area (Å²) in [4.78, 5) is 2.25. The topological polar surface area (TPSA) is 81.6 Å². The predicted octanol–water partition coefficient (Wildman–Crippen LogP) is 5.14. The Morgan fingerprint density at radius 2 is 1.97 bits per heavy atom. The van der Waals surface area contributed by atoms with Crippen LogP contribution in [0, 0.1) is 6.92 Å². The Hall–Kier alpha value is -2.59. The molecule has 9 heteroatoms. The van der Waals surface area contributed by atoms with Gasteiger partial charge < -0.3 is 15.5 Å². The van der Waals surface area contributed by atoms with Gasteiger partial charge in [0.2, 0.25) is 5.90 Å². The zero-order chi connectivity index (χ0) is 21.4. The summed E-state index contributed by atoms with van der Waals surface area (Å²) in [5, 5.41) is 13.0. The number of hydrazone groups is 1. The highest BCUT2D eigenvalue weighted by Gasteiger charge is 2.29. The Morgan fingerprint density at radius 1 is 1.23 bits per heavy atom. The van der Waals surface area contributed by atoms with Crippen LogP contribution in [0.15, 0.2) is 54.1 Å². The molecule has 0 radical (unpaired) electrons. The number of aromatic nitrogens is 3. The molecule has 0 saturated carbocycles. The number of hydrogen-bond acceptors (Lipinski definition) is 6. The van der Waals surface area contributed by atoms with Crippen LogP contribution in [0.1, 0.15) is 28.1 Å². The molecule has 1 aliphatic heterocycles. The van der Waals surface area contributed by atoms with E-state index in [-0.39, 0.29) is 3.92 Å². The summed E-state index contributed by atoms with van der Waals surface area (Å²) in [6.45, 7) is 8.39. The van der Waals surface area contributed by atoms with Crippen molar-refractivity contribution in [2.75, 3.05) is 11.4 Å². The molecule has 2 N–H and O–H groups in total. The molecule has 0 aliphatic carbocycles. The van der Waals surface area contributed by atoms with Crippen LogP contribution in [0.4, 0.5) is 11.4 Å². The van der Waals surface area contributed by atoms with Crippen molar-refractivity contribution in [1.82, 2.24) is 14.8 Å². The third-order valence-electron chi connectivity index (χ3n) is 4.89. The first kappa shape index (κ1) is 20.7. The largest absolute Gasteiger partial charge is 0.442 e. The molecule has 2 heterocycles. The minimum Gasteiger partial charge on any atom is -0.442 e. The lowest BCUT2D eigenvalue weighted by atomic mass is 10.1. The lowest BCUT2D eigenvalue weighted by Gasteiger charge is -2.27. The molecule has 1 aliphatic rings. The van der Waals surface area contributed by atoms with Gasteiger partial charge in [0.15, 0.2) is 5.82 Å². The molecule has 154 valence electrons. The molecule has 1 aromatic heterocycles. The maximum Gasteiger partial charge on any atom is 0.208 e. The van der Waals surface area contributed by atoms with Gasteiger partial charge in [-0.1, -0.05) is 40.8 Å². The van der Waals surface area contributed by atoms with Crippen molar-refractivity contribution in [2.45, 2.75) is 17.8 Å². The van der Waals surface area contributed by atoms with Crippen molar-refractivity contribution < 1.29 is 4.74 Å². The lowest BCUT2D eigenvalue weighted by Crippen LogP contribution is -2.21. The summed E-state index contributed by atoms with van der Waals surface area (Å²) >= 11 is 8.54. The molecule has 2 aromatic carbocycles. The van der Waals surface area contributed by atoms with Crippen LogP contribution in [0.3, 0.4) is 0 Å². The quantitative estimate of drug-likeness (QED) is 0.0958. The fourth-order valence-corrected chi connectivity index (χ4v) is 4.37. The Morgan fingerprint density at radius 3 is 2.67 bits per heavy atom. The molecular weight excluding hydrogens is 515 g/mol. The molecule has 1 atom stereocenters. The standard InChI is InChI=1S/C21H20ClIN6O/c1-12(30-14(3)25-24)15-4-9-19-20(10-15)28(17-7-5-16(22)6-8-17)11-18(23)21-27-26-13(2)29(19)21/h4-10,18H,1,11,24H2,2-3H3/b25-14-/t18-/m1/s1. The second kappa shape index (κ2) is 8.27. The number of fused-ring (bicyclic) bond motifs is 3. The summed E-state index contributed by atoms with van der Waals surface area (Å²) < 4.78 is 7.85. The molecule has 30 heavy (non-hydrogen) atoms. The Labute approximate surface area is 193 Å². The third-order valence-corrected chi connectivity index (χ3v) is 6.10. The van der Waals surface area contributed by atoms with Gasteiger partial charge in [-0.05, 0) is 49.4 Å². The van der Waals surface area contributed by atoms with Gasteiger partial charge in [-0.25, -0.2) is 0 Å². The lowest BCUT2D eigenvalue weighted by molar-refractivity contribution is 0.502. The van der Waals surface area contributed by atoms with Crippen molar-refractivity contribution in [3.8, 4) is 5.69 Å². The van der Waals surface area contributed by atoms with Gasteiger partial charge in [0.05, 0.1) is 15.3 Å². The van der Waals surface area contributed by atoms with E-state index in [0.29, 0.717) is 23.2 Å². The average Bonchev–Trinajstić information content (AvgIpc) is 3.07. The van der Waals surface area contributed by atoms with Gasteiger partial charge in [-0.3, -0.25) is 4.57 Å². The Balaban J connectivity index is 1.89. The molecule has 0 saturated heterocycles. The first-order valence-electron chi connectivity index (χ1n) is 9.24. The number of ether oxygens (including phenoxy) is 1. The second-order valence-corrected chi connectivity index (χ2v) is 8.81. The van der Waals surface area contributed by atoms with E-state index in [4.69, 9.17) is 22.2 Å². The average molecular weight is 535 g/mol. The van der Waals surface area contributed by atoms with E-state index in [0.717, 1.165) is 34.3 Å². The van der Waals surface area contributed by atoms with E-state index in [1.165, 1.54) is 0 Å². The van der Waals surface area contributed by atoms with Crippen LogP contribution in [-0.4, -0.2) is 27.2 Å². The minimum atomic E-state index is 0.126. The molecule has 7 nitrogen and oxygen atoms in total. The number of hydrogen-bond donors (Lipinski definition) is 1. The van der Waals surface area contributed by atoms with Gasteiger partial charge in [-0.2, -0.15) is 0 Å². The molecule has 3 aromatic rings. The van der Waals surface area contributed by atoms with E-state index in [2.05, 4.69) is 53.9 Å². The van der Waals surface area contributed by atoms with Crippen LogP contribution in [0.25, 0.3) is 11.4 Å². The van der Waals surface area contributed by atoms with Crippen LogP contribution >= 0.6 is 34.2 Å². The predicted molar refractivity (Wildman–Crippen MR) is 129 cm³/mol. The van der Waals surface area contributed by atoms with Crippen molar-refractivity contribution in [3.63, 3.8) is 0 Å². The van der Waals surface area contributed by atoms with Crippen LogP contribution in [0.2, 0.25) is 5.02 Å². The number of halogens is 2. The third kappa shape index (κ3) is 3.77. The van der Waals surface area contributed by atoms with Crippen molar-refractivity contribution in [1.29, 1.82) is 0 Å². The highest BCUT2D eigenvalue weighted by Crippen LogP contribution is 2.41. The molecule has 0 fully saturated rings.